The molecule has 152 valence electrons. The van der Waals surface area contributed by atoms with Crippen LogP contribution in [-0.2, 0) is 4.79 Å². The van der Waals surface area contributed by atoms with Crippen LogP contribution in [0.2, 0.25) is 0 Å². The first-order valence-electron chi connectivity index (χ1n) is 10.0. The van der Waals surface area contributed by atoms with Gasteiger partial charge in [0.25, 0.3) is 0 Å². The lowest BCUT2D eigenvalue weighted by atomic mass is 9.75. The fourth-order valence-electron chi connectivity index (χ4n) is 4.93. The number of fused-ring (bicyclic) bond motifs is 5. The number of aromatic nitrogens is 5. The number of Topliss-reactive ketones (excluding diaryl/α,β-unsaturated/α-hetero) is 1. The molecule has 0 bridgehead atoms. The Labute approximate surface area is 172 Å². The average molecular weight is 403 g/mol. The predicted molar refractivity (Wildman–Crippen MR) is 112 cm³/mol. The molecular weight excluding hydrogens is 382 g/mol. The van der Waals surface area contributed by atoms with Crippen molar-refractivity contribution < 1.29 is 4.79 Å². The molecule has 1 aliphatic carbocycles. The van der Waals surface area contributed by atoms with Gasteiger partial charge in [-0.15, -0.1) is 0 Å². The third-order valence-corrected chi connectivity index (χ3v) is 6.55. The zero-order valence-electron chi connectivity index (χ0n) is 16.8. The first kappa shape index (κ1) is 17.3. The van der Waals surface area contributed by atoms with E-state index >= 15 is 0 Å². The van der Waals surface area contributed by atoms with E-state index in [0.29, 0.717) is 19.4 Å². The number of ketones is 1. The number of nitrogens with one attached hydrogen (secondary N) is 1. The number of anilines is 3. The van der Waals surface area contributed by atoms with Crippen molar-refractivity contribution in [3.05, 3.63) is 36.7 Å². The minimum atomic E-state index is -0.360. The Morgan fingerprint density at radius 2 is 2.17 bits per heavy atom. The molecule has 2 atom stereocenters. The maximum absolute atomic E-state index is 12.5. The quantitative estimate of drug-likeness (QED) is 0.685. The Bertz CT molecular complexity index is 1220. The Balaban J connectivity index is 1.43. The summed E-state index contributed by atoms with van der Waals surface area (Å²) in [4.78, 5) is 34.6. The van der Waals surface area contributed by atoms with E-state index in [2.05, 4.69) is 30.3 Å². The third kappa shape index (κ3) is 2.24. The Hall–Kier alpha value is -3.56. The standard InChI is InChI=1S/C20H21N9O/c1-12-5-17-23-11-25-28(17)8-14(12)26-16-6-13(30)3-4-20(16)9-22-19-27(2)15-7-21-10-24-18(15)29(19)20/h5,7-8,10-11,16,26H,3-4,6,9H2,1-2H3. The molecule has 2 aliphatic heterocycles. The largest absolute Gasteiger partial charge is 0.378 e. The van der Waals surface area contributed by atoms with E-state index in [9.17, 15) is 4.79 Å². The second-order valence-electron chi connectivity index (χ2n) is 8.22. The van der Waals surface area contributed by atoms with Crippen molar-refractivity contribution in [3.8, 4) is 0 Å². The molecule has 5 heterocycles. The number of carbonyl (C=O) groups is 1. The number of guanidine groups is 1. The normalized spacial score (nSPS) is 25.1. The highest BCUT2D eigenvalue weighted by Gasteiger charge is 2.56. The minimum Gasteiger partial charge on any atom is -0.378 e. The zero-order chi connectivity index (χ0) is 20.5. The van der Waals surface area contributed by atoms with Crippen molar-refractivity contribution in [1.82, 2.24) is 24.6 Å². The summed E-state index contributed by atoms with van der Waals surface area (Å²) in [6.45, 7) is 2.66. The van der Waals surface area contributed by atoms with Crippen molar-refractivity contribution in [1.29, 1.82) is 0 Å². The lowest BCUT2D eigenvalue weighted by Gasteiger charge is -2.46. The number of carbonyl (C=O) groups excluding carboxylic acids is 1. The summed E-state index contributed by atoms with van der Waals surface area (Å²) in [5, 5.41) is 7.92. The van der Waals surface area contributed by atoms with Gasteiger partial charge >= 0.3 is 0 Å². The Kier molecular flexibility index (Phi) is 3.45. The number of aryl methyl sites for hydroxylation is 1. The van der Waals surface area contributed by atoms with Crippen LogP contribution in [-0.4, -0.2) is 61.5 Å². The van der Waals surface area contributed by atoms with Crippen LogP contribution in [0.5, 0.6) is 0 Å². The highest BCUT2D eigenvalue weighted by Crippen LogP contribution is 2.47. The molecule has 1 saturated carbocycles. The van der Waals surface area contributed by atoms with E-state index in [4.69, 9.17) is 4.99 Å². The molecule has 0 aromatic carbocycles. The van der Waals surface area contributed by atoms with Gasteiger partial charge in [-0.2, -0.15) is 5.10 Å². The van der Waals surface area contributed by atoms with E-state index < -0.39 is 0 Å². The van der Waals surface area contributed by atoms with Gasteiger partial charge in [0.15, 0.2) is 11.5 Å². The minimum absolute atomic E-state index is 0.117. The summed E-state index contributed by atoms with van der Waals surface area (Å²) in [7, 11) is 1.99. The van der Waals surface area contributed by atoms with Crippen molar-refractivity contribution in [2.24, 2.45) is 4.99 Å². The van der Waals surface area contributed by atoms with Gasteiger partial charge in [0, 0.05) is 19.9 Å². The lowest BCUT2D eigenvalue weighted by molar-refractivity contribution is -0.121. The smallest absolute Gasteiger partial charge is 0.207 e. The molecule has 2 unspecified atom stereocenters. The van der Waals surface area contributed by atoms with Crippen molar-refractivity contribution in [2.45, 2.75) is 37.8 Å². The van der Waals surface area contributed by atoms with Gasteiger partial charge in [0.05, 0.1) is 36.2 Å². The molecule has 3 aromatic heterocycles. The number of hydrogen-bond donors (Lipinski definition) is 1. The van der Waals surface area contributed by atoms with Crippen LogP contribution >= 0.6 is 0 Å². The second kappa shape index (κ2) is 5.97. The van der Waals surface area contributed by atoms with Gasteiger partial charge in [0.1, 0.15) is 24.1 Å². The summed E-state index contributed by atoms with van der Waals surface area (Å²) in [5.74, 6) is 1.99. The molecule has 10 heteroatoms. The molecule has 1 fully saturated rings. The fraction of sp³-hybridized carbons (Fsp3) is 0.400. The van der Waals surface area contributed by atoms with Crippen molar-refractivity contribution in [3.63, 3.8) is 0 Å². The topological polar surface area (TPSA) is 104 Å². The number of aliphatic imine (C=N–C) groups is 1. The molecule has 0 radical (unpaired) electrons. The van der Waals surface area contributed by atoms with Crippen LogP contribution in [0, 0.1) is 6.92 Å². The second-order valence-corrected chi connectivity index (χ2v) is 8.22. The summed E-state index contributed by atoms with van der Waals surface area (Å²) in [6.07, 6.45) is 8.57. The van der Waals surface area contributed by atoms with E-state index in [1.165, 1.54) is 6.33 Å². The van der Waals surface area contributed by atoms with Crippen molar-refractivity contribution in [2.75, 3.05) is 28.7 Å². The van der Waals surface area contributed by atoms with Crippen LogP contribution in [0.25, 0.3) is 5.65 Å². The van der Waals surface area contributed by atoms with Gasteiger partial charge in [-0.3, -0.25) is 9.69 Å². The molecule has 1 spiro atoms. The number of nitrogens with zero attached hydrogens (tertiary/aromatic N) is 8. The molecule has 10 nitrogen and oxygen atoms in total. The van der Waals surface area contributed by atoms with Gasteiger partial charge in [0.2, 0.25) is 5.96 Å². The maximum atomic E-state index is 12.5. The molecule has 0 amide bonds. The number of hydrogen-bond acceptors (Lipinski definition) is 9. The van der Waals surface area contributed by atoms with Gasteiger partial charge in [-0.25, -0.2) is 24.5 Å². The highest BCUT2D eigenvalue weighted by atomic mass is 16.1. The summed E-state index contributed by atoms with van der Waals surface area (Å²) >= 11 is 0. The predicted octanol–water partition coefficient (Wildman–Crippen LogP) is 1.43. The summed E-state index contributed by atoms with van der Waals surface area (Å²) < 4.78 is 1.75. The number of pyridine rings is 1. The summed E-state index contributed by atoms with van der Waals surface area (Å²) in [6, 6.07) is 1.88. The molecule has 0 saturated heterocycles. The van der Waals surface area contributed by atoms with E-state index in [0.717, 1.165) is 40.8 Å². The first-order chi connectivity index (χ1) is 14.6. The third-order valence-electron chi connectivity index (χ3n) is 6.55. The van der Waals surface area contributed by atoms with Gasteiger partial charge in [-0.05, 0) is 25.0 Å². The molecule has 1 N–H and O–H groups in total. The first-order valence-corrected chi connectivity index (χ1v) is 10.0. The molecule has 6 rings (SSSR count). The van der Waals surface area contributed by atoms with E-state index in [-0.39, 0.29) is 17.4 Å². The van der Waals surface area contributed by atoms with E-state index in [1.807, 2.05) is 37.3 Å². The monoisotopic (exact) mass is 403 g/mol. The maximum Gasteiger partial charge on any atom is 0.207 e. The molecule has 3 aliphatic rings. The fourth-order valence-corrected chi connectivity index (χ4v) is 4.93. The lowest BCUT2D eigenvalue weighted by Crippen LogP contribution is -2.63. The highest BCUT2D eigenvalue weighted by molar-refractivity contribution is 6.17. The van der Waals surface area contributed by atoms with Crippen molar-refractivity contribution >= 4 is 34.6 Å². The molecule has 30 heavy (non-hydrogen) atoms. The number of rotatable bonds is 2. The van der Waals surface area contributed by atoms with Crippen LogP contribution < -0.4 is 15.1 Å². The average Bonchev–Trinajstić information content (AvgIpc) is 3.42. The SMILES string of the molecule is Cc1cc2ncnn2cc1NC1CC(=O)CCC12CN=C1N(C)c3cncnc3N12. The van der Waals surface area contributed by atoms with Crippen LogP contribution in [0.4, 0.5) is 17.2 Å². The Morgan fingerprint density at radius 1 is 1.27 bits per heavy atom. The van der Waals surface area contributed by atoms with Crippen LogP contribution in [0.3, 0.4) is 0 Å². The van der Waals surface area contributed by atoms with Crippen LogP contribution in [0.1, 0.15) is 24.8 Å². The van der Waals surface area contributed by atoms with E-state index in [1.54, 1.807) is 10.8 Å². The zero-order valence-corrected chi connectivity index (χ0v) is 16.8. The van der Waals surface area contributed by atoms with Gasteiger partial charge < -0.3 is 10.2 Å². The molecule has 3 aromatic rings. The van der Waals surface area contributed by atoms with Crippen LogP contribution in [0.15, 0.2) is 36.1 Å². The summed E-state index contributed by atoms with van der Waals surface area (Å²) in [5.41, 5.74) is 3.37. The Morgan fingerprint density at radius 3 is 3.07 bits per heavy atom. The van der Waals surface area contributed by atoms with Gasteiger partial charge in [-0.1, -0.05) is 0 Å². The molecular formula is C20H21N9O.